The van der Waals surface area contributed by atoms with Crippen molar-refractivity contribution < 1.29 is 14.6 Å². The average molecular weight is 413 g/mol. The second-order valence-corrected chi connectivity index (χ2v) is 8.69. The van der Waals surface area contributed by atoms with Crippen LogP contribution in [0.15, 0.2) is 48.2 Å². The van der Waals surface area contributed by atoms with Gasteiger partial charge >= 0.3 is 0 Å². The highest BCUT2D eigenvalue weighted by molar-refractivity contribution is 6.32. The van der Waals surface area contributed by atoms with Crippen molar-refractivity contribution in [1.82, 2.24) is 0 Å². The predicted molar refractivity (Wildman–Crippen MR) is 116 cm³/mol. The molecule has 5 nitrogen and oxygen atoms in total. The van der Waals surface area contributed by atoms with Crippen LogP contribution in [0.25, 0.3) is 0 Å². The second-order valence-electron chi connectivity index (χ2n) is 8.28. The van der Waals surface area contributed by atoms with Crippen LogP contribution in [0.5, 0.6) is 11.5 Å². The fourth-order valence-corrected chi connectivity index (χ4v) is 4.43. The Balaban J connectivity index is 1.88. The lowest BCUT2D eigenvalue weighted by Gasteiger charge is -2.35. The van der Waals surface area contributed by atoms with Gasteiger partial charge in [0.05, 0.1) is 35.0 Å². The zero-order valence-corrected chi connectivity index (χ0v) is 17.5. The number of para-hydroxylation sites is 2. The average Bonchev–Trinajstić information content (AvgIpc) is 2.80. The van der Waals surface area contributed by atoms with Crippen LogP contribution in [0.1, 0.15) is 38.8 Å². The van der Waals surface area contributed by atoms with Gasteiger partial charge in [-0.2, -0.15) is 0 Å². The highest BCUT2D eigenvalue weighted by Crippen LogP contribution is 2.47. The lowest BCUT2D eigenvalue weighted by Crippen LogP contribution is -2.36. The lowest BCUT2D eigenvalue weighted by atomic mass is 9.72. The molecule has 4 rings (SSSR count). The van der Waals surface area contributed by atoms with Gasteiger partial charge in [-0.1, -0.05) is 43.7 Å². The molecular weight excluding hydrogens is 388 g/mol. The number of nitrogens with one attached hydrogen (secondary N) is 2. The van der Waals surface area contributed by atoms with Crippen LogP contribution in [-0.2, 0) is 4.79 Å². The molecule has 0 aromatic heterocycles. The highest BCUT2D eigenvalue weighted by Gasteiger charge is 2.42. The minimum atomic E-state index is -0.398. The number of ketones is 1. The molecule has 29 heavy (non-hydrogen) atoms. The van der Waals surface area contributed by atoms with E-state index in [1.807, 2.05) is 31.2 Å². The van der Waals surface area contributed by atoms with Gasteiger partial charge in [-0.3, -0.25) is 4.79 Å². The number of halogens is 1. The van der Waals surface area contributed by atoms with E-state index in [1.54, 1.807) is 12.1 Å². The molecule has 152 valence electrons. The summed E-state index contributed by atoms with van der Waals surface area (Å²) in [5.74, 6) is -0.00864. The second kappa shape index (κ2) is 7.30. The van der Waals surface area contributed by atoms with E-state index in [0.717, 1.165) is 22.6 Å². The van der Waals surface area contributed by atoms with Crippen molar-refractivity contribution in [3.63, 3.8) is 0 Å². The van der Waals surface area contributed by atoms with Crippen LogP contribution in [0, 0.1) is 11.3 Å². The third kappa shape index (κ3) is 3.67. The SMILES string of the molecule is CCOc1cc(C2Nc3ccccc3NC3=CC(C)(C)CC(=O)C32)cc(Cl)c1O. The number of carbonyl (C=O) groups is 1. The van der Waals surface area contributed by atoms with Gasteiger partial charge in [-0.25, -0.2) is 0 Å². The smallest absolute Gasteiger partial charge is 0.176 e. The highest BCUT2D eigenvalue weighted by atomic mass is 35.5. The first-order chi connectivity index (χ1) is 13.8. The van der Waals surface area contributed by atoms with Gasteiger partial charge in [0.15, 0.2) is 11.5 Å². The molecule has 6 heteroatoms. The summed E-state index contributed by atoms with van der Waals surface area (Å²) in [5, 5.41) is 17.5. The van der Waals surface area contributed by atoms with E-state index in [2.05, 4.69) is 30.6 Å². The van der Waals surface area contributed by atoms with Crippen molar-refractivity contribution in [2.24, 2.45) is 11.3 Å². The van der Waals surface area contributed by atoms with Gasteiger partial charge in [0.2, 0.25) is 0 Å². The molecule has 0 radical (unpaired) electrons. The number of anilines is 2. The predicted octanol–water partition coefficient (Wildman–Crippen LogP) is 5.52. The zero-order valence-electron chi connectivity index (χ0n) is 16.8. The number of allylic oxidation sites excluding steroid dienone is 1. The number of phenolic OH excluding ortho intramolecular Hbond substituents is 1. The van der Waals surface area contributed by atoms with Gasteiger partial charge < -0.3 is 20.5 Å². The summed E-state index contributed by atoms with van der Waals surface area (Å²) in [6, 6.07) is 11.0. The van der Waals surface area contributed by atoms with Crippen molar-refractivity contribution in [3.05, 3.63) is 58.8 Å². The Morgan fingerprint density at radius 3 is 2.69 bits per heavy atom. The Bertz CT molecular complexity index is 1000. The van der Waals surface area contributed by atoms with E-state index in [-0.39, 0.29) is 28.0 Å². The number of hydrogen-bond acceptors (Lipinski definition) is 5. The third-order valence-corrected chi connectivity index (χ3v) is 5.71. The maximum Gasteiger partial charge on any atom is 0.176 e. The van der Waals surface area contributed by atoms with Gasteiger partial charge in [-0.05, 0) is 42.2 Å². The third-order valence-electron chi connectivity index (χ3n) is 5.42. The molecular formula is C23H25ClN2O3. The first kappa shape index (κ1) is 19.6. The Labute approximate surface area is 175 Å². The monoisotopic (exact) mass is 412 g/mol. The summed E-state index contributed by atoms with van der Waals surface area (Å²) in [5.41, 5.74) is 3.28. The lowest BCUT2D eigenvalue weighted by molar-refractivity contribution is -0.124. The number of rotatable bonds is 3. The summed E-state index contributed by atoms with van der Waals surface area (Å²) in [6.07, 6.45) is 2.61. The number of ether oxygens (including phenoxy) is 1. The summed E-state index contributed by atoms with van der Waals surface area (Å²) >= 11 is 6.30. The maximum atomic E-state index is 13.3. The van der Waals surface area contributed by atoms with Crippen molar-refractivity contribution in [3.8, 4) is 11.5 Å². The van der Waals surface area contributed by atoms with Crippen molar-refractivity contribution >= 4 is 28.8 Å². The molecule has 2 atom stereocenters. The van der Waals surface area contributed by atoms with E-state index >= 15 is 0 Å². The number of carbonyl (C=O) groups excluding carboxylic acids is 1. The number of fused-ring (bicyclic) bond motifs is 2. The molecule has 2 aromatic rings. The number of Topliss-reactive ketones (excluding diaryl/α,β-unsaturated/α-hetero) is 1. The Kier molecular flexibility index (Phi) is 4.95. The van der Waals surface area contributed by atoms with Gasteiger partial charge in [-0.15, -0.1) is 0 Å². The largest absolute Gasteiger partial charge is 0.503 e. The fraction of sp³-hybridized carbons (Fsp3) is 0.348. The van der Waals surface area contributed by atoms with Crippen LogP contribution in [0.3, 0.4) is 0 Å². The summed E-state index contributed by atoms with van der Waals surface area (Å²) < 4.78 is 5.57. The Morgan fingerprint density at radius 1 is 1.24 bits per heavy atom. The first-order valence-corrected chi connectivity index (χ1v) is 10.2. The number of hydrogen-bond donors (Lipinski definition) is 3. The Morgan fingerprint density at radius 2 is 1.97 bits per heavy atom. The molecule has 2 aliphatic rings. The van der Waals surface area contributed by atoms with Crippen molar-refractivity contribution in [2.45, 2.75) is 33.2 Å². The minimum absolute atomic E-state index is 0.0868. The molecule has 0 bridgehead atoms. The van der Waals surface area contributed by atoms with Crippen molar-refractivity contribution in [2.75, 3.05) is 17.2 Å². The van der Waals surface area contributed by atoms with E-state index in [0.29, 0.717) is 18.8 Å². The fourth-order valence-electron chi connectivity index (χ4n) is 4.21. The van der Waals surface area contributed by atoms with Gasteiger partial charge in [0.25, 0.3) is 0 Å². The summed E-state index contributed by atoms with van der Waals surface area (Å²) in [4.78, 5) is 13.3. The van der Waals surface area contributed by atoms with Crippen LogP contribution in [0.4, 0.5) is 11.4 Å². The van der Waals surface area contributed by atoms with Crippen molar-refractivity contribution in [1.29, 1.82) is 0 Å². The van der Waals surface area contributed by atoms with Crippen LogP contribution >= 0.6 is 11.6 Å². The molecule has 1 aliphatic carbocycles. The molecule has 0 saturated heterocycles. The standard InChI is InChI=1S/C23H25ClN2O3/c1-4-29-19-10-13(9-14(24)22(19)28)21-20-17(11-23(2,3)12-18(20)27)25-15-7-5-6-8-16(15)26-21/h5-11,20-21,25-26,28H,4,12H2,1-3H3. The quantitative estimate of drug-likeness (QED) is 0.619. The number of aromatic hydroxyl groups is 1. The number of phenols is 1. The Hall–Kier alpha value is -2.66. The molecule has 1 aliphatic heterocycles. The van der Waals surface area contributed by atoms with Crippen LogP contribution < -0.4 is 15.4 Å². The van der Waals surface area contributed by atoms with Gasteiger partial charge in [0, 0.05) is 12.1 Å². The van der Waals surface area contributed by atoms with Crippen LogP contribution in [-0.4, -0.2) is 17.5 Å². The maximum absolute atomic E-state index is 13.3. The van der Waals surface area contributed by atoms with Gasteiger partial charge in [0.1, 0.15) is 5.78 Å². The molecule has 0 spiro atoms. The molecule has 0 amide bonds. The van der Waals surface area contributed by atoms with E-state index in [1.165, 1.54) is 0 Å². The first-order valence-electron chi connectivity index (χ1n) is 9.82. The molecule has 1 heterocycles. The minimum Gasteiger partial charge on any atom is -0.503 e. The van der Waals surface area contributed by atoms with E-state index in [9.17, 15) is 9.90 Å². The topological polar surface area (TPSA) is 70.6 Å². The number of benzene rings is 2. The molecule has 2 unspecified atom stereocenters. The van der Waals surface area contributed by atoms with E-state index < -0.39 is 5.92 Å². The van der Waals surface area contributed by atoms with Crippen LogP contribution in [0.2, 0.25) is 5.02 Å². The molecule has 0 saturated carbocycles. The summed E-state index contributed by atoms with van der Waals surface area (Å²) in [6.45, 7) is 6.38. The summed E-state index contributed by atoms with van der Waals surface area (Å²) in [7, 11) is 0. The molecule has 2 aromatic carbocycles. The normalized spacial score (nSPS) is 22.3. The zero-order chi connectivity index (χ0) is 20.8. The van der Waals surface area contributed by atoms with E-state index in [4.69, 9.17) is 16.3 Å². The molecule has 0 fully saturated rings. The molecule has 3 N–H and O–H groups in total.